The molecule has 0 aromatic carbocycles. The summed E-state index contributed by atoms with van der Waals surface area (Å²) in [4.78, 5) is 18.3. The number of H-pyrrole nitrogens is 1. The van der Waals surface area contributed by atoms with Crippen molar-refractivity contribution in [2.45, 2.75) is 51.9 Å². The Morgan fingerprint density at radius 2 is 1.94 bits per heavy atom. The Labute approximate surface area is 96.1 Å². The first-order valence-electron chi connectivity index (χ1n) is 5.41. The van der Waals surface area contributed by atoms with Crippen molar-refractivity contribution in [3.63, 3.8) is 0 Å². The number of aliphatic carboxylic acids is 1. The molecule has 0 unspecified atom stereocenters. The lowest BCUT2D eigenvalue weighted by atomic mass is 9.88. The summed E-state index contributed by atoms with van der Waals surface area (Å²) in [5.41, 5.74) is 0.570. The van der Waals surface area contributed by atoms with E-state index in [2.05, 4.69) is 30.7 Å². The molecule has 0 aliphatic heterocycles. The van der Waals surface area contributed by atoms with Gasteiger partial charge in [0.15, 0.2) is 0 Å². The Bertz CT molecular complexity index is 386. The Hall–Kier alpha value is -1.32. The van der Waals surface area contributed by atoms with Crippen molar-refractivity contribution < 1.29 is 9.90 Å². The molecule has 0 aliphatic carbocycles. The Morgan fingerprint density at radius 3 is 2.31 bits per heavy atom. The van der Waals surface area contributed by atoms with Crippen LogP contribution in [-0.2, 0) is 15.6 Å². The summed E-state index contributed by atoms with van der Waals surface area (Å²) in [6.45, 7) is 10.0. The molecule has 2 N–H and O–H groups in total. The quantitative estimate of drug-likeness (QED) is 0.828. The van der Waals surface area contributed by atoms with Crippen LogP contribution in [0.25, 0.3) is 0 Å². The summed E-state index contributed by atoms with van der Waals surface area (Å²) in [5, 5.41) is 8.84. The van der Waals surface area contributed by atoms with Gasteiger partial charge in [-0.3, -0.25) is 4.79 Å². The highest BCUT2D eigenvalue weighted by molar-refractivity contribution is 5.68. The molecular formula is C12H20N2O2. The molecule has 0 saturated heterocycles. The third kappa shape index (κ3) is 2.84. The van der Waals surface area contributed by atoms with E-state index in [-0.39, 0.29) is 11.8 Å². The maximum absolute atomic E-state index is 10.8. The highest BCUT2D eigenvalue weighted by atomic mass is 16.4. The van der Waals surface area contributed by atoms with Gasteiger partial charge in [0.05, 0.1) is 6.42 Å². The van der Waals surface area contributed by atoms with Crippen molar-refractivity contribution in [2.75, 3.05) is 0 Å². The molecule has 0 atom stereocenters. The van der Waals surface area contributed by atoms with E-state index < -0.39 is 11.4 Å². The van der Waals surface area contributed by atoms with E-state index >= 15 is 0 Å². The third-order valence-corrected chi connectivity index (χ3v) is 2.62. The minimum Gasteiger partial charge on any atom is -0.481 e. The molecule has 0 radical (unpaired) electrons. The highest BCUT2D eigenvalue weighted by Gasteiger charge is 2.28. The second-order valence-corrected chi connectivity index (χ2v) is 5.85. The van der Waals surface area contributed by atoms with Gasteiger partial charge in [0.25, 0.3) is 0 Å². The minimum atomic E-state index is -0.807. The largest absolute Gasteiger partial charge is 0.481 e. The number of hydrogen-bond acceptors (Lipinski definition) is 2. The predicted octanol–water partition coefficient (Wildman–Crippen LogP) is 2.46. The van der Waals surface area contributed by atoms with Gasteiger partial charge in [-0.2, -0.15) is 0 Å². The molecule has 1 aromatic rings. The normalized spacial score (nSPS) is 12.8. The van der Waals surface area contributed by atoms with Gasteiger partial charge >= 0.3 is 5.97 Å². The molecule has 0 amide bonds. The fraction of sp³-hybridized carbons (Fsp3) is 0.667. The highest BCUT2D eigenvalue weighted by Crippen LogP contribution is 2.27. The zero-order valence-electron chi connectivity index (χ0n) is 10.6. The summed E-state index contributed by atoms with van der Waals surface area (Å²) in [6, 6.07) is 0. The van der Waals surface area contributed by atoms with E-state index in [0.717, 1.165) is 11.5 Å². The number of hydrogen-bond donors (Lipinski definition) is 2. The number of carbonyl (C=O) groups is 1. The lowest BCUT2D eigenvalue weighted by molar-refractivity contribution is -0.138. The molecule has 0 aliphatic rings. The molecule has 1 heterocycles. The molecule has 90 valence electrons. The van der Waals surface area contributed by atoms with Crippen molar-refractivity contribution in [3.8, 4) is 0 Å². The van der Waals surface area contributed by atoms with Crippen LogP contribution in [0.1, 0.15) is 52.6 Å². The summed E-state index contributed by atoms with van der Waals surface area (Å²) in [5.74, 6) is -0.0708. The standard InChI is InChI=1S/C12H20N2O2/c1-11(2,3)8-7-13-10(14-8)12(4,5)6-9(15)16/h7H,6H2,1-5H3,(H,13,14)(H,15,16). The minimum absolute atomic E-state index is 0.00452. The first-order valence-corrected chi connectivity index (χ1v) is 5.41. The zero-order chi connectivity index (χ0) is 12.6. The molecule has 0 fully saturated rings. The maximum atomic E-state index is 10.8. The number of nitrogens with zero attached hydrogens (tertiary/aromatic N) is 1. The van der Waals surface area contributed by atoms with E-state index in [4.69, 9.17) is 5.11 Å². The fourth-order valence-electron chi connectivity index (χ4n) is 1.51. The zero-order valence-corrected chi connectivity index (χ0v) is 10.6. The van der Waals surface area contributed by atoms with Crippen LogP contribution in [-0.4, -0.2) is 21.0 Å². The monoisotopic (exact) mass is 224 g/mol. The average Bonchev–Trinajstić information content (AvgIpc) is 2.47. The first kappa shape index (κ1) is 12.7. The van der Waals surface area contributed by atoms with Crippen LogP contribution >= 0.6 is 0 Å². The van der Waals surface area contributed by atoms with E-state index in [1.54, 1.807) is 6.20 Å². The SMILES string of the molecule is CC(C)(C)c1cnc(C(C)(C)CC(=O)O)[nH]1. The Morgan fingerprint density at radius 1 is 1.38 bits per heavy atom. The Balaban J connectivity index is 2.97. The van der Waals surface area contributed by atoms with E-state index in [1.807, 2.05) is 13.8 Å². The summed E-state index contributed by atoms with van der Waals surface area (Å²) in [7, 11) is 0. The van der Waals surface area contributed by atoms with E-state index in [1.165, 1.54) is 0 Å². The summed E-state index contributed by atoms with van der Waals surface area (Å²) in [6.07, 6.45) is 1.86. The van der Waals surface area contributed by atoms with Crippen LogP contribution in [0.5, 0.6) is 0 Å². The topological polar surface area (TPSA) is 66.0 Å². The number of carboxylic acids is 1. The second kappa shape index (κ2) is 3.92. The van der Waals surface area contributed by atoms with Crippen molar-refractivity contribution >= 4 is 5.97 Å². The number of rotatable bonds is 3. The van der Waals surface area contributed by atoms with Gasteiger partial charge < -0.3 is 10.1 Å². The van der Waals surface area contributed by atoms with Gasteiger partial charge in [-0.15, -0.1) is 0 Å². The lowest BCUT2D eigenvalue weighted by Gasteiger charge is -2.20. The maximum Gasteiger partial charge on any atom is 0.304 e. The van der Waals surface area contributed by atoms with Crippen molar-refractivity contribution in [2.24, 2.45) is 0 Å². The van der Waals surface area contributed by atoms with Crippen molar-refractivity contribution in [1.29, 1.82) is 0 Å². The molecular weight excluding hydrogens is 204 g/mol. The van der Waals surface area contributed by atoms with Gasteiger partial charge in [0.2, 0.25) is 0 Å². The number of carboxylic acid groups (broad SMARTS) is 1. The van der Waals surface area contributed by atoms with E-state index in [9.17, 15) is 4.79 Å². The molecule has 4 nitrogen and oxygen atoms in total. The van der Waals surface area contributed by atoms with Crippen LogP contribution in [0, 0.1) is 0 Å². The smallest absolute Gasteiger partial charge is 0.304 e. The molecule has 1 rings (SSSR count). The lowest BCUT2D eigenvalue weighted by Crippen LogP contribution is -2.23. The van der Waals surface area contributed by atoms with Crippen molar-refractivity contribution in [1.82, 2.24) is 9.97 Å². The molecule has 0 spiro atoms. The Kier molecular flexibility index (Phi) is 3.13. The van der Waals surface area contributed by atoms with Crippen LogP contribution in [0.3, 0.4) is 0 Å². The number of imidazole rings is 1. The molecule has 0 saturated carbocycles. The second-order valence-electron chi connectivity index (χ2n) is 5.85. The predicted molar refractivity (Wildman–Crippen MR) is 62.6 cm³/mol. The van der Waals surface area contributed by atoms with Gasteiger partial charge in [0.1, 0.15) is 5.82 Å². The summed E-state index contributed by atoms with van der Waals surface area (Å²) >= 11 is 0. The first-order chi connectivity index (χ1) is 7.13. The van der Waals surface area contributed by atoms with Crippen LogP contribution in [0.15, 0.2) is 6.20 Å². The van der Waals surface area contributed by atoms with Crippen LogP contribution in [0.4, 0.5) is 0 Å². The molecule has 4 heteroatoms. The number of nitrogens with one attached hydrogen (secondary N) is 1. The number of aromatic nitrogens is 2. The van der Waals surface area contributed by atoms with Gasteiger partial charge in [-0.25, -0.2) is 4.98 Å². The molecule has 0 bridgehead atoms. The fourth-order valence-corrected chi connectivity index (χ4v) is 1.51. The van der Waals surface area contributed by atoms with Gasteiger partial charge in [-0.05, 0) is 0 Å². The third-order valence-electron chi connectivity index (χ3n) is 2.62. The van der Waals surface area contributed by atoms with Gasteiger partial charge in [0, 0.05) is 22.7 Å². The van der Waals surface area contributed by atoms with Crippen molar-refractivity contribution in [3.05, 3.63) is 17.7 Å². The van der Waals surface area contributed by atoms with Crippen LogP contribution in [0.2, 0.25) is 0 Å². The molecule has 16 heavy (non-hydrogen) atoms. The van der Waals surface area contributed by atoms with E-state index in [0.29, 0.717) is 0 Å². The number of aromatic amines is 1. The molecule has 1 aromatic heterocycles. The average molecular weight is 224 g/mol. The summed E-state index contributed by atoms with van der Waals surface area (Å²) < 4.78 is 0. The van der Waals surface area contributed by atoms with Gasteiger partial charge in [-0.1, -0.05) is 34.6 Å². The van der Waals surface area contributed by atoms with Crippen LogP contribution < -0.4 is 0 Å².